The lowest BCUT2D eigenvalue weighted by Gasteiger charge is -2.30. The molecule has 156 valence electrons. The van der Waals surface area contributed by atoms with Gasteiger partial charge in [0.1, 0.15) is 5.82 Å². The van der Waals surface area contributed by atoms with Crippen LogP contribution < -0.4 is 0 Å². The number of hydrogen-bond donors (Lipinski definition) is 0. The molecule has 1 fully saturated rings. The maximum atomic E-state index is 12.7. The minimum absolute atomic E-state index is 0.164. The number of thioether (sulfide) groups is 1. The van der Waals surface area contributed by atoms with Gasteiger partial charge in [-0.15, -0.1) is 10.2 Å². The molecule has 0 bridgehead atoms. The molecule has 0 aliphatic carbocycles. The minimum atomic E-state index is 0.164. The van der Waals surface area contributed by atoms with E-state index in [2.05, 4.69) is 29.3 Å². The third-order valence-electron chi connectivity index (χ3n) is 5.43. The zero-order valence-corrected chi connectivity index (χ0v) is 18.6. The number of rotatable bonds is 6. The Morgan fingerprint density at radius 2 is 1.87 bits per heavy atom. The lowest BCUT2D eigenvalue weighted by molar-refractivity contribution is -0.129. The van der Waals surface area contributed by atoms with Gasteiger partial charge >= 0.3 is 0 Å². The maximum Gasteiger partial charge on any atom is 0.233 e. The molecule has 0 unspecified atom stereocenters. The van der Waals surface area contributed by atoms with Gasteiger partial charge in [0, 0.05) is 24.5 Å². The Morgan fingerprint density at radius 3 is 2.60 bits per heavy atom. The summed E-state index contributed by atoms with van der Waals surface area (Å²) in [6.07, 6.45) is 2.81. The summed E-state index contributed by atoms with van der Waals surface area (Å²) in [5.41, 5.74) is 2.06. The second-order valence-corrected chi connectivity index (χ2v) is 9.11. The summed E-state index contributed by atoms with van der Waals surface area (Å²) >= 11 is 7.68. The summed E-state index contributed by atoms with van der Waals surface area (Å²) in [5.74, 6) is 2.05. The van der Waals surface area contributed by atoms with Gasteiger partial charge in [-0.25, -0.2) is 0 Å². The van der Waals surface area contributed by atoms with E-state index in [1.54, 1.807) is 0 Å². The standard InChI is InChI=1S/C23H25ClN4OS/c1-17-10-12-27(13-11-17)22(29)16-30-23-26-25-21(14-18-6-3-2-4-7-18)28(23)20-9-5-8-19(24)15-20/h2-9,15,17H,10-14,16H2,1H3. The molecule has 30 heavy (non-hydrogen) atoms. The topological polar surface area (TPSA) is 51.0 Å². The smallest absolute Gasteiger partial charge is 0.233 e. The van der Waals surface area contributed by atoms with Gasteiger partial charge in [0.25, 0.3) is 0 Å². The predicted octanol–water partition coefficient (Wildman–Crippen LogP) is 4.86. The van der Waals surface area contributed by atoms with Crippen molar-refractivity contribution in [1.29, 1.82) is 0 Å². The number of benzene rings is 2. The van der Waals surface area contributed by atoms with Gasteiger partial charge in [-0.05, 0) is 42.5 Å². The van der Waals surface area contributed by atoms with Crippen LogP contribution in [0.2, 0.25) is 5.02 Å². The number of carbonyl (C=O) groups is 1. The van der Waals surface area contributed by atoms with Crippen LogP contribution in [0.1, 0.15) is 31.2 Å². The molecule has 0 spiro atoms. The fraction of sp³-hybridized carbons (Fsp3) is 0.348. The highest BCUT2D eigenvalue weighted by Crippen LogP contribution is 2.26. The molecule has 1 aromatic heterocycles. The number of carbonyl (C=O) groups excluding carboxylic acids is 1. The van der Waals surface area contributed by atoms with Crippen LogP contribution in [0.25, 0.3) is 5.69 Å². The van der Waals surface area contributed by atoms with E-state index >= 15 is 0 Å². The molecule has 1 saturated heterocycles. The van der Waals surface area contributed by atoms with Crippen molar-refractivity contribution in [2.45, 2.75) is 31.3 Å². The van der Waals surface area contributed by atoms with Crippen LogP contribution in [0.4, 0.5) is 0 Å². The van der Waals surface area contributed by atoms with Crippen molar-refractivity contribution in [2.24, 2.45) is 5.92 Å². The quantitative estimate of drug-likeness (QED) is 0.513. The van der Waals surface area contributed by atoms with Crippen molar-refractivity contribution in [1.82, 2.24) is 19.7 Å². The van der Waals surface area contributed by atoms with E-state index in [-0.39, 0.29) is 5.91 Å². The number of nitrogens with zero attached hydrogens (tertiary/aromatic N) is 4. The van der Waals surface area contributed by atoms with Crippen LogP contribution in [0.3, 0.4) is 0 Å². The molecule has 0 radical (unpaired) electrons. The van der Waals surface area contributed by atoms with Crippen LogP contribution in [0.5, 0.6) is 0 Å². The highest BCUT2D eigenvalue weighted by molar-refractivity contribution is 7.99. The number of piperidine rings is 1. The Hall–Kier alpha value is -2.31. The highest BCUT2D eigenvalue weighted by Gasteiger charge is 2.22. The Kier molecular flexibility index (Phi) is 6.75. The normalized spacial score (nSPS) is 14.8. The number of hydrogen-bond acceptors (Lipinski definition) is 4. The number of halogens is 1. The van der Waals surface area contributed by atoms with E-state index in [1.165, 1.54) is 11.8 Å². The first-order valence-electron chi connectivity index (χ1n) is 10.2. The summed E-state index contributed by atoms with van der Waals surface area (Å²) in [7, 11) is 0. The summed E-state index contributed by atoms with van der Waals surface area (Å²) in [4.78, 5) is 14.7. The predicted molar refractivity (Wildman–Crippen MR) is 121 cm³/mol. The molecule has 7 heteroatoms. The molecular formula is C23H25ClN4OS. The Bertz CT molecular complexity index is 999. The van der Waals surface area contributed by atoms with E-state index in [0.29, 0.717) is 28.3 Å². The lowest BCUT2D eigenvalue weighted by atomic mass is 9.99. The van der Waals surface area contributed by atoms with E-state index in [9.17, 15) is 4.79 Å². The fourth-order valence-corrected chi connectivity index (χ4v) is 4.69. The Labute approximate surface area is 186 Å². The van der Waals surface area contributed by atoms with Gasteiger partial charge in [-0.3, -0.25) is 9.36 Å². The average Bonchev–Trinajstić information content (AvgIpc) is 3.15. The van der Waals surface area contributed by atoms with Gasteiger partial charge in [0.2, 0.25) is 5.91 Å². The van der Waals surface area contributed by atoms with E-state index in [1.807, 2.05) is 51.9 Å². The van der Waals surface area contributed by atoms with Gasteiger partial charge in [0.05, 0.1) is 11.4 Å². The third kappa shape index (κ3) is 5.05. The molecular weight excluding hydrogens is 416 g/mol. The maximum absolute atomic E-state index is 12.7. The van der Waals surface area contributed by atoms with Crippen molar-refractivity contribution in [3.63, 3.8) is 0 Å². The first-order chi connectivity index (χ1) is 14.6. The fourth-order valence-electron chi connectivity index (χ4n) is 3.64. The zero-order chi connectivity index (χ0) is 20.9. The van der Waals surface area contributed by atoms with Crippen LogP contribution in [0, 0.1) is 5.92 Å². The molecule has 5 nitrogen and oxygen atoms in total. The lowest BCUT2D eigenvalue weighted by Crippen LogP contribution is -2.38. The van der Waals surface area contributed by atoms with E-state index < -0.39 is 0 Å². The largest absolute Gasteiger partial charge is 0.342 e. The Morgan fingerprint density at radius 1 is 1.10 bits per heavy atom. The molecule has 0 atom stereocenters. The van der Waals surface area contributed by atoms with Gasteiger partial charge in [0.15, 0.2) is 5.16 Å². The molecule has 1 aliphatic heterocycles. The average molecular weight is 441 g/mol. The highest BCUT2D eigenvalue weighted by atomic mass is 35.5. The molecule has 3 aromatic rings. The van der Waals surface area contributed by atoms with Gasteiger partial charge in [-0.1, -0.05) is 66.7 Å². The van der Waals surface area contributed by atoms with Gasteiger partial charge < -0.3 is 4.90 Å². The van der Waals surface area contributed by atoms with Crippen molar-refractivity contribution in [3.05, 3.63) is 71.0 Å². The first-order valence-corrected chi connectivity index (χ1v) is 11.6. The SMILES string of the molecule is CC1CCN(C(=O)CSc2nnc(Cc3ccccc3)n2-c2cccc(Cl)c2)CC1. The van der Waals surface area contributed by atoms with E-state index in [4.69, 9.17) is 11.6 Å². The summed E-state index contributed by atoms with van der Waals surface area (Å²) in [6, 6.07) is 17.8. The number of amides is 1. The summed E-state index contributed by atoms with van der Waals surface area (Å²) in [5, 5.41) is 10.2. The van der Waals surface area contributed by atoms with Gasteiger partial charge in [-0.2, -0.15) is 0 Å². The Balaban J connectivity index is 1.55. The number of likely N-dealkylation sites (tertiary alicyclic amines) is 1. The molecule has 2 heterocycles. The van der Waals surface area contributed by atoms with E-state index in [0.717, 1.165) is 43.0 Å². The zero-order valence-electron chi connectivity index (χ0n) is 17.0. The second-order valence-electron chi connectivity index (χ2n) is 7.73. The molecule has 1 amide bonds. The first kappa shape index (κ1) is 20.9. The van der Waals surface area contributed by atoms with Crippen molar-refractivity contribution in [3.8, 4) is 5.69 Å². The molecule has 1 aliphatic rings. The van der Waals surface area contributed by atoms with Crippen LogP contribution in [-0.2, 0) is 11.2 Å². The molecule has 0 N–H and O–H groups in total. The summed E-state index contributed by atoms with van der Waals surface area (Å²) < 4.78 is 2.01. The van der Waals surface area contributed by atoms with Crippen molar-refractivity contribution in [2.75, 3.05) is 18.8 Å². The van der Waals surface area contributed by atoms with Crippen LogP contribution in [0.15, 0.2) is 59.8 Å². The monoisotopic (exact) mass is 440 g/mol. The van der Waals surface area contributed by atoms with Crippen LogP contribution in [-0.4, -0.2) is 44.4 Å². The molecule has 2 aromatic carbocycles. The van der Waals surface area contributed by atoms with Crippen molar-refractivity contribution < 1.29 is 4.79 Å². The van der Waals surface area contributed by atoms with Crippen LogP contribution >= 0.6 is 23.4 Å². The molecule has 4 rings (SSSR count). The molecule has 0 saturated carbocycles. The third-order valence-corrected chi connectivity index (χ3v) is 6.58. The van der Waals surface area contributed by atoms with Crippen molar-refractivity contribution >= 4 is 29.3 Å². The summed E-state index contributed by atoms with van der Waals surface area (Å²) in [6.45, 7) is 3.94. The minimum Gasteiger partial charge on any atom is -0.342 e. The second kappa shape index (κ2) is 9.67. The number of aromatic nitrogens is 3.